The van der Waals surface area contributed by atoms with Gasteiger partial charge >= 0.3 is 5.97 Å². The van der Waals surface area contributed by atoms with Gasteiger partial charge in [-0.25, -0.2) is 8.42 Å². The van der Waals surface area contributed by atoms with E-state index < -0.39 is 21.3 Å². The number of sulfone groups is 1. The molecule has 0 aliphatic heterocycles. The zero-order valence-corrected chi connectivity index (χ0v) is 13.5. The second kappa shape index (κ2) is 6.93. The minimum absolute atomic E-state index is 0.0316. The number of para-hydroxylation sites is 1. The van der Waals surface area contributed by atoms with Crippen LogP contribution in [0.1, 0.15) is 40.0 Å². The van der Waals surface area contributed by atoms with Crippen LogP contribution in [0, 0.1) is 0 Å². The molecule has 0 saturated carbocycles. The quantitative estimate of drug-likeness (QED) is 0.771. The smallest absolute Gasteiger partial charge is 0.303 e. The van der Waals surface area contributed by atoms with E-state index in [0.29, 0.717) is 18.5 Å². The molecule has 2 N–H and O–H groups in total. The number of carbonyl (C=O) groups is 1. The van der Waals surface area contributed by atoms with Crippen LogP contribution in [0.2, 0.25) is 0 Å². The number of benzene rings is 1. The number of aliphatic carboxylic acids is 1. The van der Waals surface area contributed by atoms with Crippen molar-refractivity contribution in [2.45, 2.75) is 50.5 Å². The van der Waals surface area contributed by atoms with Gasteiger partial charge in [-0.3, -0.25) is 4.79 Å². The van der Waals surface area contributed by atoms with Gasteiger partial charge < -0.3 is 10.4 Å². The number of rotatable bonds is 8. The molecule has 0 aliphatic rings. The van der Waals surface area contributed by atoms with E-state index in [0.717, 1.165) is 0 Å². The molecule has 6 heteroatoms. The van der Waals surface area contributed by atoms with Crippen molar-refractivity contribution in [1.82, 2.24) is 0 Å². The van der Waals surface area contributed by atoms with Gasteiger partial charge in [-0.05, 0) is 38.8 Å². The summed E-state index contributed by atoms with van der Waals surface area (Å²) in [7, 11) is -3.32. The van der Waals surface area contributed by atoms with Crippen molar-refractivity contribution >= 4 is 21.5 Å². The van der Waals surface area contributed by atoms with Gasteiger partial charge in [-0.2, -0.15) is 0 Å². The molecular weight excluding hydrogens is 290 g/mol. The van der Waals surface area contributed by atoms with Crippen molar-refractivity contribution in [3.8, 4) is 0 Å². The summed E-state index contributed by atoms with van der Waals surface area (Å²) in [5.41, 5.74) is 0.0253. The van der Waals surface area contributed by atoms with Crippen molar-refractivity contribution < 1.29 is 18.3 Å². The molecule has 0 radical (unpaired) electrons. The Balaban J connectivity index is 3.02. The van der Waals surface area contributed by atoms with E-state index in [1.165, 1.54) is 0 Å². The third-order valence-electron chi connectivity index (χ3n) is 3.13. The third-order valence-corrected chi connectivity index (χ3v) is 5.10. The summed E-state index contributed by atoms with van der Waals surface area (Å²) in [4.78, 5) is 11.0. The number of anilines is 1. The maximum Gasteiger partial charge on any atom is 0.303 e. The van der Waals surface area contributed by atoms with Gasteiger partial charge in [0.15, 0.2) is 9.84 Å². The molecule has 0 heterocycles. The summed E-state index contributed by atoms with van der Waals surface area (Å²) in [6, 6.07) is 6.75. The first-order valence-electron chi connectivity index (χ1n) is 7.00. The highest BCUT2D eigenvalue weighted by Gasteiger charge is 2.23. The second-order valence-electron chi connectivity index (χ2n) is 5.72. The van der Waals surface area contributed by atoms with E-state index in [-0.39, 0.29) is 17.1 Å². The monoisotopic (exact) mass is 313 g/mol. The van der Waals surface area contributed by atoms with E-state index in [1.807, 2.05) is 20.8 Å². The summed E-state index contributed by atoms with van der Waals surface area (Å²) in [6.07, 6.45) is 0.993. The number of hydrogen-bond donors (Lipinski definition) is 2. The molecule has 5 nitrogen and oxygen atoms in total. The lowest BCUT2D eigenvalue weighted by atomic mass is 9.98. The highest BCUT2D eigenvalue weighted by molar-refractivity contribution is 7.91. The fourth-order valence-electron chi connectivity index (χ4n) is 2.07. The first kappa shape index (κ1) is 17.5. The molecule has 0 fully saturated rings. The number of nitrogens with one attached hydrogen (secondary N) is 1. The van der Waals surface area contributed by atoms with Crippen LogP contribution in [0.3, 0.4) is 0 Å². The van der Waals surface area contributed by atoms with Crippen LogP contribution in [0.5, 0.6) is 0 Å². The predicted octanol–water partition coefficient (Wildman–Crippen LogP) is 2.93. The summed E-state index contributed by atoms with van der Waals surface area (Å²) in [5.74, 6) is -0.766. The lowest BCUT2D eigenvalue weighted by Crippen LogP contribution is -2.32. The number of carboxylic acid groups (broad SMARTS) is 1. The molecule has 118 valence electrons. The third kappa shape index (κ3) is 5.38. The second-order valence-corrected chi connectivity index (χ2v) is 7.80. The van der Waals surface area contributed by atoms with Crippen LogP contribution in [0.25, 0.3) is 0 Å². The maximum atomic E-state index is 12.3. The highest BCUT2D eigenvalue weighted by atomic mass is 32.2. The van der Waals surface area contributed by atoms with Gasteiger partial charge in [0.05, 0.1) is 16.3 Å². The Labute approximate surface area is 126 Å². The molecule has 1 aromatic carbocycles. The molecule has 0 saturated heterocycles. The van der Waals surface area contributed by atoms with E-state index in [4.69, 9.17) is 5.11 Å². The van der Waals surface area contributed by atoms with Gasteiger partial charge in [0.2, 0.25) is 0 Å². The Morgan fingerprint density at radius 2 is 1.90 bits per heavy atom. The normalized spacial score (nSPS) is 12.1. The van der Waals surface area contributed by atoms with Crippen LogP contribution >= 0.6 is 0 Å². The topological polar surface area (TPSA) is 83.5 Å². The Morgan fingerprint density at radius 1 is 1.29 bits per heavy atom. The molecule has 0 spiro atoms. The number of carboxylic acids is 1. The molecule has 1 rings (SSSR count). The van der Waals surface area contributed by atoms with E-state index in [2.05, 4.69) is 5.32 Å². The first-order valence-corrected chi connectivity index (χ1v) is 8.65. The van der Waals surface area contributed by atoms with Gasteiger partial charge in [-0.1, -0.05) is 19.1 Å². The molecular formula is C15H23NO4S. The molecule has 0 atom stereocenters. The van der Waals surface area contributed by atoms with E-state index in [1.54, 1.807) is 24.3 Å². The average Bonchev–Trinajstić information content (AvgIpc) is 2.36. The summed E-state index contributed by atoms with van der Waals surface area (Å²) in [5, 5.41) is 11.9. The molecule has 1 aromatic rings. The zero-order chi connectivity index (χ0) is 16.1. The zero-order valence-electron chi connectivity index (χ0n) is 12.7. The van der Waals surface area contributed by atoms with Crippen LogP contribution < -0.4 is 5.32 Å². The molecule has 0 amide bonds. The van der Waals surface area contributed by atoms with Crippen molar-refractivity contribution in [3.63, 3.8) is 0 Å². The van der Waals surface area contributed by atoms with Gasteiger partial charge in [-0.15, -0.1) is 0 Å². The molecule has 21 heavy (non-hydrogen) atoms. The minimum atomic E-state index is -3.32. The molecule has 0 bridgehead atoms. The van der Waals surface area contributed by atoms with Gasteiger partial charge in [0.1, 0.15) is 0 Å². The Hall–Kier alpha value is -1.56. The van der Waals surface area contributed by atoms with Crippen molar-refractivity contribution in [1.29, 1.82) is 0 Å². The fraction of sp³-hybridized carbons (Fsp3) is 0.533. The lowest BCUT2D eigenvalue weighted by molar-refractivity contribution is -0.137. The fourth-order valence-corrected chi connectivity index (χ4v) is 3.56. The van der Waals surface area contributed by atoms with E-state index in [9.17, 15) is 13.2 Å². The molecule has 0 aromatic heterocycles. The first-order chi connectivity index (χ1) is 9.68. The van der Waals surface area contributed by atoms with Crippen molar-refractivity contribution in [2.75, 3.05) is 11.1 Å². The van der Waals surface area contributed by atoms with Crippen molar-refractivity contribution in [2.24, 2.45) is 0 Å². The maximum absolute atomic E-state index is 12.3. The largest absolute Gasteiger partial charge is 0.481 e. The Bertz CT molecular complexity index is 593. The summed E-state index contributed by atoms with van der Waals surface area (Å²) in [6.45, 7) is 5.54. The Morgan fingerprint density at radius 3 is 2.48 bits per heavy atom. The predicted molar refractivity (Wildman–Crippen MR) is 83.4 cm³/mol. The standard InChI is InChI=1S/C15H23NO4S/c1-4-11-21(19,20)13-8-6-5-7-12(13)16-15(2,3)10-9-14(17)18/h5-8,16H,4,9-11H2,1-3H3,(H,17,18). The van der Waals surface area contributed by atoms with E-state index >= 15 is 0 Å². The Kier molecular flexibility index (Phi) is 5.78. The number of hydrogen-bond acceptors (Lipinski definition) is 4. The van der Waals surface area contributed by atoms with Gasteiger partial charge in [0, 0.05) is 12.0 Å². The summed E-state index contributed by atoms with van der Waals surface area (Å²) >= 11 is 0. The van der Waals surface area contributed by atoms with Crippen molar-refractivity contribution in [3.05, 3.63) is 24.3 Å². The van der Waals surface area contributed by atoms with Gasteiger partial charge in [0.25, 0.3) is 0 Å². The molecule has 0 aliphatic carbocycles. The SMILES string of the molecule is CCCS(=O)(=O)c1ccccc1NC(C)(C)CCC(=O)O. The minimum Gasteiger partial charge on any atom is -0.481 e. The lowest BCUT2D eigenvalue weighted by Gasteiger charge is -2.28. The van der Waals surface area contributed by atoms with Crippen LogP contribution in [0.15, 0.2) is 29.2 Å². The van der Waals surface area contributed by atoms with Crippen LogP contribution in [-0.4, -0.2) is 30.8 Å². The molecule has 0 unspecified atom stereocenters. The van der Waals surface area contributed by atoms with Crippen LogP contribution in [-0.2, 0) is 14.6 Å². The highest BCUT2D eigenvalue weighted by Crippen LogP contribution is 2.27. The average molecular weight is 313 g/mol. The van der Waals surface area contributed by atoms with Crippen LogP contribution in [0.4, 0.5) is 5.69 Å². The summed E-state index contributed by atoms with van der Waals surface area (Å²) < 4.78 is 24.5.